The summed E-state index contributed by atoms with van der Waals surface area (Å²) in [7, 11) is 0. The Morgan fingerprint density at radius 2 is 2.30 bits per heavy atom. The van der Waals surface area contributed by atoms with Crippen molar-refractivity contribution in [3.05, 3.63) is 35.0 Å². The molecule has 106 valence electrons. The first-order valence-electron chi connectivity index (χ1n) is 7.14. The van der Waals surface area contributed by atoms with Gasteiger partial charge < -0.3 is 15.0 Å². The van der Waals surface area contributed by atoms with Crippen molar-refractivity contribution in [2.45, 2.75) is 32.8 Å². The average Bonchev–Trinajstić information content (AvgIpc) is 3.02. The fourth-order valence-electron chi connectivity index (χ4n) is 2.84. The molecule has 1 aliphatic heterocycles. The van der Waals surface area contributed by atoms with Gasteiger partial charge in [-0.2, -0.15) is 0 Å². The third kappa shape index (κ3) is 2.43. The zero-order chi connectivity index (χ0) is 14.1. The molecule has 2 aromatic rings. The molecule has 1 aromatic heterocycles. The van der Waals surface area contributed by atoms with E-state index < -0.39 is 0 Å². The lowest BCUT2D eigenvalue weighted by molar-refractivity contribution is 0.0858. The minimum Gasteiger partial charge on any atom is -0.376 e. The number of carbonyl (C=O) groups excluding carboxylic acids is 1. The van der Waals surface area contributed by atoms with Crippen LogP contribution < -0.4 is 5.32 Å². The molecule has 4 nitrogen and oxygen atoms in total. The minimum absolute atomic E-state index is 0.0203. The first kappa shape index (κ1) is 13.2. The van der Waals surface area contributed by atoms with E-state index in [4.69, 9.17) is 4.74 Å². The van der Waals surface area contributed by atoms with Gasteiger partial charge in [0.1, 0.15) is 0 Å². The molecule has 0 radical (unpaired) electrons. The molecule has 0 bridgehead atoms. The number of amides is 1. The van der Waals surface area contributed by atoms with Crippen LogP contribution in [0.15, 0.2) is 18.2 Å². The van der Waals surface area contributed by atoms with Crippen LogP contribution in [0.5, 0.6) is 0 Å². The summed E-state index contributed by atoms with van der Waals surface area (Å²) in [5.74, 6) is -0.0203. The Morgan fingerprint density at radius 3 is 3.05 bits per heavy atom. The topological polar surface area (TPSA) is 54.1 Å². The van der Waals surface area contributed by atoms with E-state index in [2.05, 4.69) is 16.4 Å². The summed E-state index contributed by atoms with van der Waals surface area (Å²) in [5.41, 5.74) is 3.86. The average molecular weight is 272 g/mol. The Kier molecular flexibility index (Phi) is 3.49. The second kappa shape index (κ2) is 5.29. The molecule has 1 aliphatic rings. The number of hydrogen-bond donors (Lipinski definition) is 2. The molecule has 0 aliphatic carbocycles. The third-order valence-corrected chi connectivity index (χ3v) is 3.88. The van der Waals surface area contributed by atoms with Crippen molar-refractivity contribution in [1.82, 2.24) is 10.3 Å². The molecule has 0 spiro atoms. The molecule has 1 atom stereocenters. The van der Waals surface area contributed by atoms with Gasteiger partial charge in [-0.05, 0) is 38.3 Å². The Hall–Kier alpha value is -1.81. The van der Waals surface area contributed by atoms with E-state index in [1.807, 2.05) is 26.0 Å². The molecular weight excluding hydrogens is 252 g/mol. The highest BCUT2D eigenvalue weighted by Gasteiger charge is 2.19. The molecular formula is C16H20N2O2. The minimum atomic E-state index is -0.0203. The van der Waals surface area contributed by atoms with Crippen LogP contribution >= 0.6 is 0 Å². The maximum Gasteiger partial charge on any atom is 0.253 e. The van der Waals surface area contributed by atoms with E-state index in [1.54, 1.807) is 0 Å². The molecule has 1 amide bonds. The number of aromatic amines is 1. The quantitative estimate of drug-likeness (QED) is 0.902. The summed E-state index contributed by atoms with van der Waals surface area (Å²) in [6, 6.07) is 6.11. The number of aromatic nitrogens is 1. The lowest BCUT2D eigenvalue weighted by atomic mass is 10.1. The number of nitrogens with one attached hydrogen (secondary N) is 2. The molecule has 1 unspecified atom stereocenters. The highest BCUT2D eigenvalue weighted by molar-refractivity contribution is 6.08. The zero-order valence-corrected chi connectivity index (χ0v) is 12.0. The van der Waals surface area contributed by atoms with Gasteiger partial charge in [0.05, 0.1) is 11.7 Å². The van der Waals surface area contributed by atoms with Crippen molar-refractivity contribution < 1.29 is 9.53 Å². The third-order valence-electron chi connectivity index (χ3n) is 3.88. The van der Waals surface area contributed by atoms with Crippen molar-refractivity contribution in [3.63, 3.8) is 0 Å². The van der Waals surface area contributed by atoms with Crippen LogP contribution in [0.3, 0.4) is 0 Å². The maximum atomic E-state index is 12.4. The smallest absolute Gasteiger partial charge is 0.253 e. The van der Waals surface area contributed by atoms with Crippen molar-refractivity contribution in [1.29, 1.82) is 0 Å². The summed E-state index contributed by atoms with van der Waals surface area (Å²) in [4.78, 5) is 15.7. The Morgan fingerprint density at radius 1 is 1.45 bits per heavy atom. The van der Waals surface area contributed by atoms with Gasteiger partial charge in [0, 0.05) is 29.7 Å². The molecule has 2 heterocycles. The second-order valence-corrected chi connectivity index (χ2v) is 5.52. The zero-order valence-electron chi connectivity index (χ0n) is 12.0. The Bertz CT molecular complexity index is 639. The van der Waals surface area contributed by atoms with Crippen LogP contribution in [0, 0.1) is 13.8 Å². The summed E-state index contributed by atoms with van der Waals surface area (Å²) < 4.78 is 5.53. The van der Waals surface area contributed by atoms with Gasteiger partial charge in [-0.15, -0.1) is 0 Å². The SMILES string of the molecule is Cc1ccc2c(C(=O)NCC3CCCO3)c(C)[nH]c2c1. The molecule has 4 heteroatoms. The van der Waals surface area contributed by atoms with E-state index in [0.717, 1.165) is 41.6 Å². The number of ether oxygens (including phenoxy) is 1. The summed E-state index contributed by atoms with van der Waals surface area (Å²) in [6.45, 7) is 5.39. The van der Waals surface area contributed by atoms with Crippen LogP contribution in [-0.2, 0) is 4.74 Å². The van der Waals surface area contributed by atoms with Gasteiger partial charge in [-0.3, -0.25) is 4.79 Å². The van der Waals surface area contributed by atoms with Crippen LogP contribution in [-0.4, -0.2) is 30.1 Å². The second-order valence-electron chi connectivity index (χ2n) is 5.52. The lowest BCUT2D eigenvalue weighted by Crippen LogP contribution is -2.32. The number of fused-ring (bicyclic) bond motifs is 1. The predicted molar refractivity (Wildman–Crippen MR) is 79.1 cm³/mol. The highest BCUT2D eigenvalue weighted by Crippen LogP contribution is 2.23. The fourth-order valence-corrected chi connectivity index (χ4v) is 2.84. The molecule has 0 saturated carbocycles. The lowest BCUT2D eigenvalue weighted by Gasteiger charge is -2.10. The number of rotatable bonds is 3. The normalized spacial score (nSPS) is 18.6. The first-order valence-corrected chi connectivity index (χ1v) is 7.14. The number of aryl methyl sites for hydroxylation is 2. The fraction of sp³-hybridized carbons (Fsp3) is 0.438. The standard InChI is InChI=1S/C16H20N2O2/c1-10-5-6-13-14(8-10)18-11(2)15(13)16(19)17-9-12-4-3-7-20-12/h5-6,8,12,18H,3-4,7,9H2,1-2H3,(H,17,19). The maximum absolute atomic E-state index is 12.4. The molecule has 2 N–H and O–H groups in total. The summed E-state index contributed by atoms with van der Waals surface area (Å²) >= 11 is 0. The Balaban J connectivity index is 1.81. The van der Waals surface area contributed by atoms with Crippen molar-refractivity contribution >= 4 is 16.8 Å². The molecule has 1 aromatic carbocycles. The largest absolute Gasteiger partial charge is 0.376 e. The number of carbonyl (C=O) groups is 1. The van der Waals surface area contributed by atoms with E-state index in [0.29, 0.717) is 6.54 Å². The van der Waals surface area contributed by atoms with Crippen molar-refractivity contribution in [3.8, 4) is 0 Å². The molecule has 20 heavy (non-hydrogen) atoms. The van der Waals surface area contributed by atoms with Gasteiger partial charge >= 0.3 is 0 Å². The summed E-state index contributed by atoms with van der Waals surface area (Å²) in [6.07, 6.45) is 2.30. The van der Waals surface area contributed by atoms with Crippen molar-refractivity contribution in [2.24, 2.45) is 0 Å². The van der Waals surface area contributed by atoms with Crippen LogP contribution in [0.2, 0.25) is 0 Å². The predicted octanol–water partition coefficient (Wildman–Crippen LogP) is 2.69. The van der Waals surface area contributed by atoms with Gasteiger partial charge in [-0.25, -0.2) is 0 Å². The van der Waals surface area contributed by atoms with Crippen LogP contribution in [0.1, 0.15) is 34.5 Å². The first-order chi connectivity index (χ1) is 9.65. The van der Waals surface area contributed by atoms with E-state index in [1.165, 1.54) is 5.56 Å². The van der Waals surface area contributed by atoms with Crippen LogP contribution in [0.4, 0.5) is 0 Å². The highest BCUT2D eigenvalue weighted by atomic mass is 16.5. The van der Waals surface area contributed by atoms with E-state index in [9.17, 15) is 4.79 Å². The van der Waals surface area contributed by atoms with Gasteiger partial charge in [-0.1, -0.05) is 12.1 Å². The number of hydrogen-bond acceptors (Lipinski definition) is 2. The molecule has 1 saturated heterocycles. The molecule has 3 rings (SSSR count). The van der Waals surface area contributed by atoms with Crippen molar-refractivity contribution in [2.75, 3.05) is 13.2 Å². The number of benzene rings is 1. The summed E-state index contributed by atoms with van der Waals surface area (Å²) in [5, 5.41) is 3.97. The Labute approximate surface area is 118 Å². The van der Waals surface area contributed by atoms with Crippen LogP contribution in [0.25, 0.3) is 10.9 Å². The van der Waals surface area contributed by atoms with Gasteiger partial charge in [0.25, 0.3) is 5.91 Å². The number of H-pyrrole nitrogens is 1. The van der Waals surface area contributed by atoms with Gasteiger partial charge in [0.15, 0.2) is 0 Å². The molecule has 1 fully saturated rings. The van der Waals surface area contributed by atoms with Gasteiger partial charge in [0.2, 0.25) is 0 Å². The van der Waals surface area contributed by atoms with E-state index >= 15 is 0 Å². The van der Waals surface area contributed by atoms with E-state index in [-0.39, 0.29) is 12.0 Å². The monoisotopic (exact) mass is 272 g/mol.